The zero-order valence-corrected chi connectivity index (χ0v) is 25.2. The summed E-state index contributed by atoms with van der Waals surface area (Å²) in [5, 5.41) is 4.81. The fourth-order valence-electron chi connectivity index (χ4n) is 5.89. The number of nitrogens with zero attached hydrogens (tertiary/aromatic N) is 3. The molecule has 2 aromatic carbocycles. The number of ether oxygens (including phenoxy) is 1. The predicted molar refractivity (Wildman–Crippen MR) is 173 cm³/mol. The zero-order chi connectivity index (χ0) is 31.2. The molecule has 230 valence electrons. The summed E-state index contributed by atoms with van der Waals surface area (Å²) >= 11 is 0. The Hall–Kier alpha value is -5.38. The van der Waals surface area contributed by atoms with Crippen molar-refractivity contribution in [3.05, 3.63) is 102 Å². The van der Waals surface area contributed by atoms with E-state index in [-0.39, 0.29) is 24.3 Å². The number of para-hydroxylation sites is 1. The Balaban J connectivity index is 1.12. The maximum atomic E-state index is 13.7. The number of fused-ring (bicyclic) bond motifs is 2. The summed E-state index contributed by atoms with van der Waals surface area (Å²) in [7, 11) is 0. The summed E-state index contributed by atoms with van der Waals surface area (Å²) in [6.07, 6.45) is 10.8. The molecule has 4 heterocycles. The van der Waals surface area contributed by atoms with Crippen LogP contribution in [-0.2, 0) is 27.4 Å². The van der Waals surface area contributed by atoms with Crippen molar-refractivity contribution < 1.29 is 19.1 Å². The highest BCUT2D eigenvalue weighted by Gasteiger charge is 2.35. The summed E-state index contributed by atoms with van der Waals surface area (Å²) in [5.41, 5.74) is 4.84. The molecule has 1 unspecified atom stereocenters. The number of amides is 3. The van der Waals surface area contributed by atoms with Gasteiger partial charge in [-0.05, 0) is 42.5 Å². The van der Waals surface area contributed by atoms with Crippen LogP contribution in [0.15, 0.2) is 85.5 Å². The summed E-state index contributed by atoms with van der Waals surface area (Å²) < 4.78 is 5.89. The number of carbonyl (C=O) groups excluding carboxylic acids is 3. The molecule has 0 radical (unpaired) electrons. The molecule has 0 bridgehead atoms. The molecule has 6 rings (SSSR count). The SMILES string of the molecule is CC(=O)N1CCCC1C(=O)N(CCc1c[nH]c2ccccc12)CC(=O)NC=Cc1c[nH]c2cnc(OCc3ccccc3)cc12. The van der Waals surface area contributed by atoms with Crippen LogP contribution < -0.4 is 10.1 Å². The largest absolute Gasteiger partial charge is 0.473 e. The van der Waals surface area contributed by atoms with Crippen LogP contribution in [0.2, 0.25) is 0 Å². The molecule has 1 aliphatic rings. The molecule has 10 nitrogen and oxygen atoms in total. The Morgan fingerprint density at radius 1 is 1.04 bits per heavy atom. The molecule has 5 aromatic rings. The fourth-order valence-corrected chi connectivity index (χ4v) is 5.89. The van der Waals surface area contributed by atoms with Gasteiger partial charge in [-0.1, -0.05) is 48.5 Å². The van der Waals surface area contributed by atoms with E-state index in [9.17, 15) is 14.4 Å². The number of nitrogens with one attached hydrogen (secondary N) is 3. The average Bonchev–Trinajstić information content (AvgIpc) is 3.81. The standard InChI is InChI=1S/C35H36N6O4/c1-24(42)41-16-7-12-32(41)35(44)40(17-14-27-20-37-30-11-6-5-10-28(27)30)22-33(43)36-15-13-26-19-38-31-21-39-34(18-29(26)31)45-23-25-8-3-2-4-9-25/h2-6,8-11,13,15,18-21,32,37-38H,7,12,14,16-17,22-23H2,1H3,(H,36,43). The minimum Gasteiger partial charge on any atom is -0.473 e. The number of benzene rings is 2. The summed E-state index contributed by atoms with van der Waals surface area (Å²) in [6.45, 7) is 2.67. The highest BCUT2D eigenvalue weighted by molar-refractivity contribution is 5.92. The number of pyridine rings is 1. The average molecular weight is 605 g/mol. The van der Waals surface area contributed by atoms with Gasteiger partial charge in [0.25, 0.3) is 0 Å². The third-order valence-corrected chi connectivity index (χ3v) is 8.22. The summed E-state index contributed by atoms with van der Waals surface area (Å²) in [4.78, 5) is 53.1. The highest BCUT2D eigenvalue weighted by Crippen LogP contribution is 2.24. The van der Waals surface area contributed by atoms with Gasteiger partial charge >= 0.3 is 0 Å². The Morgan fingerprint density at radius 2 is 1.84 bits per heavy atom. The minimum absolute atomic E-state index is 0.122. The van der Waals surface area contributed by atoms with Gasteiger partial charge in [0.05, 0.1) is 18.3 Å². The van der Waals surface area contributed by atoms with Gasteiger partial charge in [0.15, 0.2) is 0 Å². The van der Waals surface area contributed by atoms with Crippen LogP contribution in [0.5, 0.6) is 5.88 Å². The number of carbonyl (C=O) groups is 3. The molecule has 0 aliphatic carbocycles. The lowest BCUT2D eigenvalue weighted by atomic mass is 10.1. The van der Waals surface area contributed by atoms with Crippen molar-refractivity contribution >= 4 is 45.6 Å². The van der Waals surface area contributed by atoms with E-state index < -0.39 is 6.04 Å². The number of aromatic amines is 2. The molecule has 1 fully saturated rings. The van der Waals surface area contributed by atoms with Crippen LogP contribution in [0, 0.1) is 0 Å². The van der Waals surface area contributed by atoms with Crippen molar-refractivity contribution in [3.63, 3.8) is 0 Å². The Morgan fingerprint density at radius 3 is 2.69 bits per heavy atom. The topological polar surface area (TPSA) is 123 Å². The second-order valence-corrected chi connectivity index (χ2v) is 11.2. The molecular formula is C35H36N6O4. The van der Waals surface area contributed by atoms with Gasteiger partial charge in [-0.2, -0.15) is 0 Å². The zero-order valence-electron chi connectivity index (χ0n) is 25.2. The van der Waals surface area contributed by atoms with Crippen LogP contribution in [-0.4, -0.2) is 68.1 Å². The normalized spacial score (nSPS) is 14.8. The van der Waals surface area contributed by atoms with Crippen LogP contribution in [0.3, 0.4) is 0 Å². The predicted octanol–water partition coefficient (Wildman–Crippen LogP) is 4.79. The summed E-state index contributed by atoms with van der Waals surface area (Å²) in [5.74, 6) is -0.147. The molecule has 10 heteroatoms. The van der Waals surface area contributed by atoms with Crippen molar-refractivity contribution in [2.24, 2.45) is 0 Å². The minimum atomic E-state index is -0.549. The number of likely N-dealkylation sites (tertiary alicyclic amines) is 1. The molecule has 0 spiro atoms. The van der Waals surface area contributed by atoms with Crippen LogP contribution in [0.4, 0.5) is 0 Å². The third-order valence-electron chi connectivity index (χ3n) is 8.22. The number of H-pyrrole nitrogens is 2. The first kappa shape index (κ1) is 29.7. The van der Waals surface area contributed by atoms with Crippen LogP contribution in [0.1, 0.15) is 36.5 Å². The lowest BCUT2D eigenvalue weighted by molar-refractivity contribution is -0.144. The Kier molecular flexibility index (Phi) is 8.91. The van der Waals surface area contributed by atoms with Gasteiger partial charge in [-0.25, -0.2) is 4.98 Å². The van der Waals surface area contributed by atoms with E-state index in [1.807, 2.05) is 73.1 Å². The molecule has 1 aliphatic heterocycles. The van der Waals surface area contributed by atoms with Crippen molar-refractivity contribution in [3.8, 4) is 5.88 Å². The van der Waals surface area contributed by atoms with E-state index in [4.69, 9.17) is 4.74 Å². The monoisotopic (exact) mass is 604 g/mol. The Bertz CT molecular complexity index is 1840. The molecule has 3 N–H and O–H groups in total. The molecular weight excluding hydrogens is 568 g/mol. The van der Waals surface area contributed by atoms with E-state index in [1.165, 1.54) is 6.92 Å². The van der Waals surface area contributed by atoms with Crippen molar-refractivity contribution in [1.29, 1.82) is 0 Å². The number of aromatic nitrogens is 3. The molecule has 1 atom stereocenters. The molecule has 1 saturated heterocycles. The number of hydrogen-bond donors (Lipinski definition) is 3. The van der Waals surface area contributed by atoms with E-state index in [0.717, 1.165) is 44.9 Å². The van der Waals surface area contributed by atoms with Crippen molar-refractivity contribution in [1.82, 2.24) is 30.1 Å². The fraction of sp³-hybridized carbons (Fsp3) is 0.257. The Labute approximate surface area is 261 Å². The quantitative estimate of drug-likeness (QED) is 0.200. The second kappa shape index (κ2) is 13.5. The first-order valence-electron chi connectivity index (χ1n) is 15.2. The number of hydrogen-bond acceptors (Lipinski definition) is 5. The van der Waals surface area contributed by atoms with Gasteiger partial charge in [0.2, 0.25) is 23.6 Å². The first-order valence-corrected chi connectivity index (χ1v) is 15.2. The van der Waals surface area contributed by atoms with Crippen LogP contribution >= 0.6 is 0 Å². The van der Waals surface area contributed by atoms with Crippen molar-refractivity contribution in [2.45, 2.75) is 38.8 Å². The molecule has 45 heavy (non-hydrogen) atoms. The summed E-state index contributed by atoms with van der Waals surface area (Å²) in [6, 6.07) is 19.2. The van der Waals surface area contributed by atoms with Crippen molar-refractivity contribution in [2.75, 3.05) is 19.6 Å². The van der Waals surface area contributed by atoms with E-state index in [2.05, 4.69) is 20.3 Å². The maximum Gasteiger partial charge on any atom is 0.245 e. The van der Waals surface area contributed by atoms with E-state index in [1.54, 1.807) is 28.3 Å². The first-order chi connectivity index (χ1) is 22.0. The van der Waals surface area contributed by atoms with E-state index in [0.29, 0.717) is 38.4 Å². The molecule has 3 amide bonds. The van der Waals surface area contributed by atoms with Gasteiger partial charge in [0.1, 0.15) is 12.6 Å². The third kappa shape index (κ3) is 6.90. The van der Waals surface area contributed by atoms with Gasteiger partial charge in [-0.3, -0.25) is 14.4 Å². The van der Waals surface area contributed by atoms with Gasteiger partial charge < -0.3 is 29.8 Å². The highest BCUT2D eigenvalue weighted by atomic mass is 16.5. The lowest BCUT2D eigenvalue weighted by Crippen LogP contribution is -2.50. The molecule has 0 saturated carbocycles. The number of rotatable bonds is 11. The maximum absolute atomic E-state index is 13.7. The molecule has 3 aromatic heterocycles. The van der Waals surface area contributed by atoms with Gasteiger partial charge in [0, 0.05) is 66.5 Å². The second-order valence-electron chi connectivity index (χ2n) is 11.2. The van der Waals surface area contributed by atoms with E-state index >= 15 is 0 Å². The van der Waals surface area contributed by atoms with Gasteiger partial charge in [-0.15, -0.1) is 0 Å². The smallest absolute Gasteiger partial charge is 0.245 e. The lowest BCUT2D eigenvalue weighted by Gasteiger charge is -2.29. The van der Waals surface area contributed by atoms with Crippen LogP contribution in [0.25, 0.3) is 27.9 Å².